The quantitative estimate of drug-likeness (QED) is 0.439. The molecular weight excluding hydrogens is 238 g/mol. The van der Waals surface area contributed by atoms with Crippen LogP contribution in [0, 0.1) is 5.41 Å². The van der Waals surface area contributed by atoms with Crippen LogP contribution in [-0.2, 0) is 9.59 Å². The summed E-state index contributed by atoms with van der Waals surface area (Å²) in [7, 11) is 0. The molecule has 1 heterocycles. The third kappa shape index (κ3) is 2.62. The molecule has 1 saturated heterocycles. The van der Waals surface area contributed by atoms with Crippen molar-refractivity contribution < 1.29 is 9.59 Å². The average Bonchev–Trinajstić information content (AvgIpc) is 2.54. The van der Waals surface area contributed by atoms with E-state index < -0.39 is 5.25 Å². The number of hydrogen-bond donors (Lipinski definition) is 2. The molecule has 1 aliphatic carbocycles. The second kappa shape index (κ2) is 5.08. The van der Waals surface area contributed by atoms with E-state index >= 15 is 0 Å². The summed E-state index contributed by atoms with van der Waals surface area (Å²) in [6, 6.07) is 0.0845. The predicted molar refractivity (Wildman–Crippen MR) is 66.6 cm³/mol. The minimum Gasteiger partial charge on any atom is -0.379 e. The van der Waals surface area contributed by atoms with Crippen LogP contribution in [-0.4, -0.2) is 33.2 Å². The van der Waals surface area contributed by atoms with Crippen LogP contribution < -0.4 is 5.73 Å². The van der Waals surface area contributed by atoms with Crippen molar-refractivity contribution in [3.8, 4) is 0 Å². The Hall–Kier alpha value is -1.04. The molecule has 0 bridgehead atoms. The molecule has 0 spiro atoms. The van der Waals surface area contributed by atoms with Crippen LogP contribution in [0.5, 0.6) is 0 Å². The molecule has 94 valence electrons. The van der Waals surface area contributed by atoms with E-state index in [0.717, 1.165) is 37.4 Å². The van der Waals surface area contributed by atoms with Gasteiger partial charge < -0.3 is 5.73 Å². The Kier molecular flexibility index (Phi) is 3.71. The third-order valence-electron chi connectivity index (χ3n) is 3.35. The summed E-state index contributed by atoms with van der Waals surface area (Å²) in [4.78, 5) is 25.4. The first-order valence-corrected chi connectivity index (χ1v) is 6.84. The molecule has 1 atom stereocenters. The van der Waals surface area contributed by atoms with Gasteiger partial charge in [0.25, 0.3) is 0 Å². The number of hydrogen-bond acceptors (Lipinski definition) is 4. The first kappa shape index (κ1) is 12.4. The van der Waals surface area contributed by atoms with Crippen molar-refractivity contribution in [3.63, 3.8) is 0 Å². The number of thioether (sulfide) groups is 1. The van der Waals surface area contributed by atoms with Gasteiger partial charge in [-0.1, -0.05) is 31.0 Å². The molecule has 2 fully saturated rings. The smallest absolute Gasteiger partial charge is 0.243 e. The highest BCUT2D eigenvalue weighted by Gasteiger charge is 2.43. The van der Waals surface area contributed by atoms with Gasteiger partial charge in [-0.15, -0.1) is 0 Å². The van der Waals surface area contributed by atoms with Crippen LogP contribution in [0.1, 0.15) is 38.5 Å². The Morgan fingerprint density at radius 1 is 1.29 bits per heavy atom. The van der Waals surface area contributed by atoms with Crippen LogP contribution in [0.15, 0.2) is 0 Å². The van der Waals surface area contributed by atoms with Crippen molar-refractivity contribution in [1.82, 2.24) is 4.90 Å². The van der Waals surface area contributed by atoms with E-state index in [-0.39, 0.29) is 29.4 Å². The van der Waals surface area contributed by atoms with E-state index in [4.69, 9.17) is 11.1 Å². The number of rotatable bonds is 2. The van der Waals surface area contributed by atoms with Gasteiger partial charge in [-0.05, 0) is 12.8 Å². The number of imide groups is 1. The number of likely N-dealkylation sites (tertiary alicyclic amines) is 1. The normalized spacial score (nSPS) is 26.6. The molecule has 2 amide bonds. The Morgan fingerprint density at radius 2 is 1.94 bits per heavy atom. The molecule has 0 aromatic rings. The van der Waals surface area contributed by atoms with E-state index in [1.807, 2.05) is 0 Å². The SMILES string of the molecule is N=C(N)SC1CC(=O)N(C2CCCCC2)C1=O. The fraction of sp³-hybridized carbons (Fsp3) is 0.727. The molecule has 1 saturated carbocycles. The van der Waals surface area contributed by atoms with Crippen LogP contribution in [0.2, 0.25) is 0 Å². The maximum absolute atomic E-state index is 12.1. The lowest BCUT2D eigenvalue weighted by Gasteiger charge is -2.29. The molecule has 0 aromatic heterocycles. The number of amidine groups is 1. The monoisotopic (exact) mass is 255 g/mol. The van der Waals surface area contributed by atoms with E-state index in [1.54, 1.807) is 0 Å². The molecule has 0 radical (unpaired) electrons. The van der Waals surface area contributed by atoms with Crippen molar-refractivity contribution in [1.29, 1.82) is 5.41 Å². The summed E-state index contributed by atoms with van der Waals surface area (Å²) >= 11 is 0.991. The van der Waals surface area contributed by atoms with E-state index in [1.165, 1.54) is 11.3 Å². The molecule has 3 N–H and O–H groups in total. The van der Waals surface area contributed by atoms with Gasteiger partial charge in [-0.3, -0.25) is 19.9 Å². The lowest BCUT2D eigenvalue weighted by Crippen LogP contribution is -2.41. The Bertz CT molecular complexity index is 353. The third-order valence-corrected chi connectivity index (χ3v) is 4.26. The van der Waals surface area contributed by atoms with Crippen LogP contribution in [0.3, 0.4) is 0 Å². The summed E-state index contributed by atoms with van der Waals surface area (Å²) in [5.41, 5.74) is 5.27. The van der Waals surface area contributed by atoms with Crippen LogP contribution in [0.4, 0.5) is 0 Å². The van der Waals surface area contributed by atoms with Crippen LogP contribution >= 0.6 is 11.8 Å². The number of nitrogens with zero attached hydrogens (tertiary/aromatic N) is 1. The van der Waals surface area contributed by atoms with E-state index in [9.17, 15) is 9.59 Å². The van der Waals surface area contributed by atoms with Crippen LogP contribution in [0.25, 0.3) is 0 Å². The van der Waals surface area contributed by atoms with E-state index in [0.29, 0.717) is 0 Å². The van der Waals surface area contributed by atoms with Gasteiger partial charge in [-0.25, -0.2) is 0 Å². The maximum atomic E-state index is 12.1. The summed E-state index contributed by atoms with van der Waals surface area (Å²) in [6.45, 7) is 0. The molecule has 17 heavy (non-hydrogen) atoms. The van der Waals surface area contributed by atoms with Gasteiger partial charge in [0.05, 0.1) is 0 Å². The first-order valence-electron chi connectivity index (χ1n) is 5.96. The van der Waals surface area contributed by atoms with E-state index in [2.05, 4.69) is 0 Å². The molecule has 5 nitrogen and oxygen atoms in total. The number of carbonyl (C=O) groups is 2. The van der Waals surface area contributed by atoms with Gasteiger partial charge in [0.2, 0.25) is 11.8 Å². The topological polar surface area (TPSA) is 87.2 Å². The molecule has 6 heteroatoms. The zero-order chi connectivity index (χ0) is 12.4. The number of amides is 2. The number of nitrogens with two attached hydrogens (primary N) is 1. The van der Waals surface area contributed by atoms with Crippen molar-refractivity contribution in [2.45, 2.75) is 49.8 Å². The average molecular weight is 255 g/mol. The Morgan fingerprint density at radius 3 is 2.53 bits per heavy atom. The van der Waals surface area contributed by atoms with Gasteiger partial charge in [0.1, 0.15) is 5.25 Å². The second-order valence-corrected chi connectivity index (χ2v) is 5.81. The van der Waals surface area contributed by atoms with Gasteiger partial charge in [0, 0.05) is 12.5 Å². The summed E-state index contributed by atoms with van der Waals surface area (Å²) in [5, 5.41) is 6.62. The molecular formula is C11H17N3O2S. The predicted octanol–water partition coefficient (Wildman–Crippen LogP) is 1.07. The molecule has 0 aromatic carbocycles. The maximum Gasteiger partial charge on any atom is 0.243 e. The first-order chi connectivity index (χ1) is 8.09. The van der Waals surface area contributed by atoms with Gasteiger partial charge in [0.15, 0.2) is 5.17 Å². The van der Waals surface area contributed by atoms with Crippen molar-refractivity contribution in [2.24, 2.45) is 5.73 Å². The Balaban J connectivity index is 2.05. The van der Waals surface area contributed by atoms with Gasteiger partial charge in [-0.2, -0.15) is 0 Å². The van der Waals surface area contributed by atoms with Crippen molar-refractivity contribution >= 4 is 28.7 Å². The summed E-state index contributed by atoms with van der Waals surface area (Å²) < 4.78 is 0. The minimum absolute atomic E-state index is 0.0845. The van der Waals surface area contributed by atoms with Crippen molar-refractivity contribution in [3.05, 3.63) is 0 Å². The zero-order valence-corrected chi connectivity index (χ0v) is 10.5. The standard InChI is InChI=1S/C11H17N3O2S/c12-11(13)17-8-6-9(15)14(10(8)16)7-4-2-1-3-5-7/h7-8H,1-6H2,(H3,12,13). The molecule has 1 aliphatic heterocycles. The zero-order valence-electron chi connectivity index (χ0n) is 9.65. The second-order valence-electron chi connectivity index (χ2n) is 4.57. The lowest BCUT2D eigenvalue weighted by atomic mass is 9.94. The summed E-state index contributed by atoms with van der Waals surface area (Å²) in [5.74, 6) is -0.247. The lowest BCUT2D eigenvalue weighted by molar-refractivity contribution is -0.141. The highest BCUT2D eigenvalue weighted by atomic mass is 32.2. The van der Waals surface area contributed by atoms with Crippen molar-refractivity contribution in [2.75, 3.05) is 0 Å². The molecule has 2 aliphatic rings. The number of carbonyl (C=O) groups excluding carboxylic acids is 2. The fourth-order valence-corrected chi connectivity index (χ4v) is 3.34. The highest BCUT2D eigenvalue weighted by Crippen LogP contribution is 2.31. The van der Waals surface area contributed by atoms with Gasteiger partial charge >= 0.3 is 0 Å². The summed E-state index contributed by atoms with van der Waals surface area (Å²) in [6.07, 6.45) is 5.42. The Labute approximate surface area is 105 Å². The molecule has 1 unspecified atom stereocenters. The highest BCUT2D eigenvalue weighted by molar-refractivity contribution is 8.14. The molecule has 2 rings (SSSR count). The largest absolute Gasteiger partial charge is 0.379 e. The fourth-order valence-electron chi connectivity index (χ4n) is 2.59. The minimum atomic E-state index is -0.470. The number of nitrogens with one attached hydrogen (secondary N) is 1.